The van der Waals surface area contributed by atoms with Crippen LogP contribution in [0.15, 0.2) is 41.4 Å². The van der Waals surface area contributed by atoms with Gasteiger partial charge in [0.2, 0.25) is 0 Å². The van der Waals surface area contributed by atoms with E-state index < -0.39 is 120 Å². The lowest BCUT2D eigenvalue weighted by atomic mass is 9.82. The van der Waals surface area contributed by atoms with Crippen molar-refractivity contribution in [3.63, 3.8) is 0 Å². The molecule has 1 saturated heterocycles. The molecule has 3 rings (SSSR count). The molecular formula is C57H101N3O18P2. The number of aliphatic hydroxyl groups excluding tert-OH is 5. The Balaban J connectivity index is 1.60. The van der Waals surface area contributed by atoms with Crippen LogP contribution in [0.25, 0.3) is 0 Å². The lowest BCUT2D eigenvalue weighted by Crippen LogP contribution is -2.52. The van der Waals surface area contributed by atoms with E-state index in [9.17, 15) is 58.8 Å². The third-order valence-corrected chi connectivity index (χ3v) is 17.7. The molecule has 9 N–H and O–H groups in total. The number of phosphoric acid groups is 2. The van der Waals surface area contributed by atoms with E-state index >= 15 is 0 Å². The molecule has 0 saturated carbocycles. The summed E-state index contributed by atoms with van der Waals surface area (Å²) in [6.45, 7) is 3.92. The molecule has 462 valence electrons. The predicted octanol–water partition coefficient (Wildman–Crippen LogP) is 9.97. The van der Waals surface area contributed by atoms with Crippen molar-refractivity contribution in [1.82, 2.24) is 9.55 Å². The van der Waals surface area contributed by atoms with Gasteiger partial charge in [0.05, 0.1) is 37.6 Å². The van der Waals surface area contributed by atoms with Crippen LogP contribution in [0.3, 0.4) is 0 Å². The van der Waals surface area contributed by atoms with E-state index in [0.717, 1.165) is 49.0 Å². The summed E-state index contributed by atoms with van der Waals surface area (Å²) in [5.74, 6) is -3.25. The van der Waals surface area contributed by atoms with Gasteiger partial charge in [0.25, 0.3) is 0 Å². The molecule has 0 radical (unpaired) electrons. The van der Waals surface area contributed by atoms with Gasteiger partial charge in [-0.2, -0.15) is 9.29 Å². The highest BCUT2D eigenvalue weighted by atomic mass is 31.3. The van der Waals surface area contributed by atoms with Crippen LogP contribution in [-0.2, 0) is 46.3 Å². The molecule has 23 heteroatoms. The zero-order valence-electron chi connectivity index (χ0n) is 48.1. The van der Waals surface area contributed by atoms with E-state index in [4.69, 9.17) is 29.0 Å². The first-order chi connectivity index (χ1) is 38.3. The first-order valence-corrected chi connectivity index (χ1v) is 33.0. The molecule has 2 bridgehead atoms. The molecule has 21 nitrogen and oxygen atoms in total. The number of aromatic nitrogens is 2. The topological polar surface area (TPSA) is 326 Å². The van der Waals surface area contributed by atoms with Crippen molar-refractivity contribution in [3.05, 3.63) is 47.1 Å². The molecule has 1 fully saturated rings. The third kappa shape index (κ3) is 30.1. The van der Waals surface area contributed by atoms with Crippen molar-refractivity contribution in [2.45, 2.75) is 262 Å². The number of allylic oxidation sites excluding steroid dienone is 2. The number of phosphoric ester groups is 2. The molecule has 0 spiro atoms. The number of hydrogen-bond donors (Lipinski definition) is 8. The Bertz CT molecular complexity index is 2080. The predicted molar refractivity (Wildman–Crippen MR) is 305 cm³/mol. The van der Waals surface area contributed by atoms with Gasteiger partial charge < -0.3 is 55.3 Å². The monoisotopic (exact) mass is 1180 g/mol. The number of aliphatic hydroxyl groups is 5. The molecule has 3 unspecified atom stereocenters. The SMILES string of the molecule is CCCCC[C@H](O)/C=C\[C@@H]1[C@H](O)[C@H](O)[C@H]2COP(=O)(O)OP(=O)(O)OC[C@@H](COC(=O)CCCCCCCCCCCCCCCCCCCCC(C)CC)OC(=O)CCCC=CC[C@H]([C@H](n3ccc(N)nc3=O)O2)[C@@H](O)C[C@H]1O. The molecule has 2 aliphatic heterocycles. The van der Waals surface area contributed by atoms with Gasteiger partial charge in [0.15, 0.2) is 6.10 Å². The molecule has 2 aliphatic rings. The second-order valence-electron chi connectivity index (χ2n) is 22.1. The lowest BCUT2D eigenvalue weighted by Gasteiger charge is -2.40. The van der Waals surface area contributed by atoms with Crippen molar-refractivity contribution in [2.75, 3.05) is 25.6 Å². The Labute approximate surface area is 475 Å². The highest BCUT2D eigenvalue weighted by molar-refractivity contribution is 7.61. The van der Waals surface area contributed by atoms with Gasteiger partial charge in [-0.05, 0) is 44.1 Å². The highest BCUT2D eigenvalue weighted by Crippen LogP contribution is 2.60. The fourth-order valence-electron chi connectivity index (χ4n) is 9.98. The number of nitrogens with two attached hydrogens (primary N) is 1. The number of cyclic esters (lactones) is 1. The Kier molecular flexibility index (Phi) is 36.0. The number of carbonyl (C=O) groups is 2. The summed E-state index contributed by atoms with van der Waals surface area (Å²) in [6.07, 6.45) is 20.9. The zero-order valence-corrected chi connectivity index (χ0v) is 49.9. The second-order valence-corrected chi connectivity index (χ2v) is 25.1. The average Bonchev–Trinajstić information content (AvgIpc) is 3.40. The van der Waals surface area contributed by atoms with Gasteiger partial charge >= 0.3 is 33.3 Å². The number of nitrogens with zero attached hydrogens (tertiary/aromatic N) is 2. The molecule has 0 aromatic carbocycles. The maximum absolute atomic E-state index is 13.4. The number of fused-ring (bicyclic) bond motifs is 3. The molecule has 3 heterocycles. The van der Waals surface area contributed by atoms with Gasteiger partial charge in [-0.1, -0.05) is 186 Å². The maximum atomic E-state index is 13.4. The number of hydrogen-bond acceptors (Lipinski definition) is 18. The number of ether oxygens (including phenoxy) is 3. The summed E-state index contributed by atoms with van der Waals surface area (Å²) in [7, 11) is -11.3. The Hall–Kier alpha value is -2.88. The summed E-state index contributed by atoms with van der Waals surface area (Å²) >= 11 is 0. The van der Waals surface area contributed by atoms with Crippen molar-refractivity contribution in [1.29, 1.82) is 0 Å². The summed E-state index contributed by atoms with van der Waals surface area (Å²) in [4.78, 5) is 64.4. The van der Waals surface area contributed by atoms with Crippen LogP contribution in [0.2, 0.25) is 0 Å². The summed E-state index contributed by atoms with van der Waals surface area (Å²) in [5, 5.41) is 57.5. The quantitative estimate of drug-likeness (QED) is 0.0148. The van der Waals surface area contributed by atoms with Crippen molar-refractivity contribution >= 4 is 33.4 Å². The normalized spacial score (nSPS) is 28.8. The van der Waals surface area contributed by atoms with Crippen molar-refractivity contribution in [2.24, 2.45) is 17.8 Å². The minimum absolute atomic E-state index is 0.0813. The maximum Gasteiger partial charge on any atom is 0.481 e. The number of carbonyl (C=O) groups excluding carboxylic acids is 2. The average molecular weight is 1180 g/mol. The smallest absolute Gasteiger partial charge is 0.462 e. The minimum Gasteiger partial charge on any atom is -0.462 e. The molecule has 1 aromatic rings. The van der Waals surface area contributed by atoms with Crippen LogP contribution >= 0.6 is 15.6 Å². The number of anilines is 1. The Morgan fingerprint density at radius 2 is 1.38 bits per heavy atom. The van der Waals surface area contributed by atoms with Crippen LogP contribution < -0.4 is 11.4 Å². The number of rotatable bonds is 31. The molecular weight excluding hydrogens is 1080 g/mol. The number of esters is 2. The second kappa shape index (κ2) is 40.4. The highest BCUT2D eigenvalue weighted by Gasteiger charge is 2.45. The third-order valence-electron chi connectivity index (χ3n) is 15.1. The summed E-state index contributed by atoms with van der Waals surface area (Å²) in [5.41, 5.74) is 4.79. The van der Waals surface area contributed by atoms with Crippen LogP contribution in [0.5, 0.6) is 0 Å². The van der Waals surface area contributed by atoms with E-state index in [1.807, 2.05) is 6.92 Å². The zero-order chi connectivity index (χ0) is 58.8. The van der Waals surface area contributed by atoms with Crippen molar-refractivity contribution < 1.29 is 81.6 Å². The molecule has 80 heavy (non-hydrogen) atoms. The fraction of sp³-hybridized carbons (Fsp3) is 0.825. The molecule has 0 aliphatic carbocycles. The first-order valence-electron chi connectivity index (χ1n) is 30.0. The summed E-state index contributed by atoms with van der Waals surface area (Å²) in [6, 6.07) is 1.25. The molecule has 13 atom stereocenters. The van der Waals surface area contributed by atoms with E-state index in [-0.39, 0.29) is 37.9 Å². The molecule has 0 amide bonds. The fourth-order valence-corrected chi connectivity index (χ4v) is 12.1. The van der Waals surface area contributed by atoms with Crippen LogP contribution in [0.1, 0.15) is 220 Å². The van der Waals surface area contributed by atoms with Gasteiger partial charge in [-0.3, -0.25) is 23.2 Å². The van der Waals surface area contributed by atoms with E-state index in [1.54, 1.807) is 12.2 Å². The van der Waals surface area contributed by atoms with Crippen LogP contribution in [0.4, 0.5) is 5.82 Å². The van der Waals surface area contributed by atoms with Gasteiger partial charge in [-0.25, -0.2) is 13.9 Å². The summed E-state index contributed by atoms with van der Waals surface area (Å²) < 4.78 is 59.2. The Morgan fingerprint density at radius 3 is 1.96 bits per heavy atom. The molecule has 1 aromatic heterocycles. The minimum atomic E-state index is -5.71. The van der Waals surface area contributed by atoms with E-state index in [1.165, 1.54) is 121 Å². The lowest BCUT2D eigenvalue weighted by molar-refractivity contribution is -0.194. The van der Waals surface area contributed by atoms with E-state index in [0.29, 0.717) is 19.3 Å². The van der Waals surface area contributed by atoms with Gasteiger partial charge in [-0.15, -0.1) is 0 Å². The Morgan fingerprint density at radius 1 is 0.800 bits per heavy atom. The standard InChI is InChI=1S/C57H101N3O18P2/c1-4-6-25-31-44(61)35-36-46-48(62)39-49(63)47-32-27-23-24-29-34-53(65)76-45(40-73-52(64)33-28-22-20-18-16-14-12-10-8-7-9-11-13-15-17-19-21-26-30-43(3)5-2)41-74-79(69,70)78-80(71,72)75-42-50(55(67)54(46)66)77-56(47)60-38-37-51(58)59-57(60)68/h23,27,35-38,43-50,54-56,61-63,66-67H,4-22,24-26,28-34,39-42H2,1-3H3,(H,69,70)(H,71,72)(H2,58,59,68)/b27-23?,36-35-/t43?,44-,45+,46-,47-,48+,49-,50+,54-,55+,56+/m0/s1. The first kappa shape index (κ1) is 71.4. The van der Waals surface area contributed by atoms with Crippen LogP contribution in [0, 0.1) is 17.8 Å². The van der Waals surface area contributed by atoms with Crippen molar-refractivity contribution in [3.8, 4) is 0 Å². The number of nitrogen functional groups attached to an aromatic ring is 1. The largest absolute Gasteiger partial charge is 0.481 e. The number of unbranched alkanes of at least 4 members (excludes halogenated alkanes) is 19. The van der Waals surface area contributed by atoms with Gasteiger partial charge in [0, 0.05) is 37.3 Å². The van der Waals surface area contributed by atoms with E-state index in [2.05, 4.69) is 23.1 Å². The van der Waals surface area contributed by atoms with Gasteiger partial charge in [0.1, 0.15) is 30.9 Å². The van der Waals surface area contributed by atoms with Crippen LogP contribution in [-0.4, -0.2) is 119 Å².